The van der Waals surface area contributed by atoms with E-state index >= 15 is 0 Å². The number of unbranched alkanes of at least 4 members (excludes halogenated alkanes) is 1. The highest BCUT2D eigenvalue weighted by Crippen LogP contribution is 2.29. The number of rotatable bonds is 12. The predicted octanol–water partition coefficient (Wildman–Crippen LogP) is 4.88. The number of hydrogen-bond acceptors (Lipinski definition) is 4. The van der Waals surface area contributed by atoms with Crippen molar-refractivity contribution in [1.82, 2.24) is 14.4 Å². The molecular weight excluding hydrogens is 456 g/mol. The molecule has 0 saturated heterocycles. The van der Waals surface area contributed by atoms with Gasteiger partial charge in [0.15, 0.2) is 0 Å². The van der Waals surface area contributed by atoms with E-state index in [0.717, 1.165) is 37.9 Å². The Balaban J connectivity index is 1.47. The van der Waals surface area contributed by atoms with E-state index in [1.807, 2.05) is 48.4 Å². The molecule has 1 aromatic heterocycles. The first-order chi connectivity index (χ1) is 17.5. The Hall–Kier alpha value is -3.94. The summed E-state index contributed by atoms with van der Waals surface area (Å²) < 4.78 is 2.16. The predicted molar refractivity (Wildman–Crippen MR) is 137 cm³/mol. The summed E-state index contributed by atoms with van der Waals surface area (Å²) in [4.78, 5) is 40.7. The minimum atomic E-state index is -0.492. The number of benzene rings is 2. The van der Waals surface area contributed by atoms with E-state index in [1.54, 1.807) is 4.90 Å². The summed E-state index contributed by atoms with van der Waals surface area (Å²) in [6.07, 6.45) is 5.63. The zero-order chi connectivity index (χ0) is 25.5. The van der Waals surface area contributed by atoms with Gasteiger partial charge in [0.25, 0.3) is 11.6 Å². The molecule has 1 aliphatic carbocycles. The molecule has 1 heterocycles. The van der Waals surface area contributed by atoms with Crippen LogP contribution in [0.1, 0.15) is 54.2 Å². The van der Waals surface area contributed by atoms with Crippen molar-refractivity contribution < 1.29 is 14.5 Å². The number of carbonyl (C=O) groups is 2. The molecule has 0 N–H and O–H groups in total. The molecule has 0 unspecified atom stereocenters. The molecule has 3 aromatic rings. The highest BCUT2D eigenvalue weighted by molar-refractivity contribution is 5.96. The van der Waals surface area contributed by atoms with Gasteiger partial charge < -0.3 is 14.4 Å². The second-order valence-corrected chi connectivity index (χ2v) is 9.25. The van der Waals surface area contributed by atoms with Crippen molar-refractivity contribution in [3.8, 4) is 0 Å². The number of non-ortho nitro benzene ring substituents is 1. The maximum absolute atomic E-state index is 13.5. The molecule has 2 amide bonds. The Kier molecular flexibility index (Phi) is 8.15. The molecule has 0 spiro atoms. The van der Waals surface area contributed by atoms with Crippen LogP contribution in [0, 0.1) is 10.1 Å². The summed E-state index contributed by atoms with van der Waals surface area (Å²) in [7, 11) is 0. The Bertz CT molecular complexity index is 1190. The Morgan fingerprint density at radius 2 is 1.75 bits per heavy atom. The van der Waals surface area contributed by atoms with E-state index in [0.29, 0.717) is 18.7 Å². The van der Waals surface area contributed by atoms with Crippen molar-refractivity contribution >= 4 is 17.5 Å². The van der Waals surface area contributed by atoms with Gasteiger partial charge in [-0.2, -0.15) is 0 Å². The zero-order valence-electron chi connectivity index (χ0n) is 20.6. The van der Waals surface area contributed by atoms with Gasteiger partial charge in [0.1, 0.15) is 6.54 Å². The Morgan fingerprint density at radius 3 is 2.39 bits per heavy atom. The quantitative estimate of drug-likeness (QED) is 0.269. The molecule has 1 fully saturated rings. The normalized spacial score (nSPS) is 12.8. The molecular formula is C28H32N4O4. The standard InChI is InChI=1S/C28H32N4O4/c1-2-3-17-30(28(34)23-11-13-25(14-12-23)32(35)36)21-27(33)31(24-15-16-24)20-26-10-7-18-29(26)19-22-8-5-4-6-9-22/h4-14,18,24H,2-3,15-17,19-21H2,1H3. The van der Waals surface area contributed by atoms with Crippen LogP contribution in [-0.4, -0.2) is 50.2 Å². The van der Waals surface area contributed by atoms with Crippen LogP contribution in [0.3, 0.4) is 0 Å². The lowest BCUT2D eigenvalue weighted by Crippen LogP contribution is -2.44. The molecule has 1 aliphatic rings. The SMILES string of the molecule is CCCCN(CC(=O)N(Cc1cccn1Cc1ccccc1)C1CC1)C(=O)c1ccc([N+](=O)[O-])cc1. The van der Waals surface area contributed by atoms with E-state index in [1.165, 1.54) is 29.8 Å². The van der Waals surface area contributed by atoms with E-state index < -0.39 is 4.92 Å². The van der Waals surface area contributed by atoms with Crippen LogP contribution in [0.4, 0.5) is 5.69 Å². The fraction of sp³-hybridized carbons (Fsp3) is 0.357. The number of nitro groups is 1. The molecule has 188 valence electrons. The van der Waals surface area contributed by atoms with Gasteiger partial charge in [-0.25, -0.2) is 0 Å². The zero-order valence-corrected chi connectivity index (χ0v) is 20.6. The van der Waals surface area contributed by atoms with Gasteiger partial charge in [-0.05, 0) is 49.1 Å². The number of aromatic nitrogens is 1. The average molecular weight is 489 g/mol. The van der Waals surface area contributed by atoms with Crippen molar-refractivity contribution in [2.45, 2.75) is 51.7 Å². The molecule has 0 radical (unpaired) electrons. The van der Waals surface area contributed by atoms with Gasteiger partial charge in [-0.1, -0.05) is 43.7 Å². The van der Waals surface area contributed by atoms with Gasteiger partial charge >= 0.3 is 0 Å². The first-order valence-corrected chi connectivity index (χ1v) is 12.5. The molecule has 2 aromatic carbocycles. The first kappa shape index (κ1) is 25.2. The molecule has 8 heteroatoms. The molecule has 4 rings (SSSR count). The summed E-state index contributed by atoms with van der Waals surface area (Å²) in [5, 5.41) is 11.0. The fourth-order valence-electron chi connectivity index (χ4n) is 4.27. The lowest BCUT2D eigenvalue weighted by molar-refractivity contribution is -0.384. The Labute approximate surface area is 211 Å². The van der Waals surface area contributed by atoms with Crippen LogP contribution in [0.25, 0.3) is 0 Å². The third-order valence-electron chi connectivity index (χ3n) is 6.48. The van der Waals surface area contributed by atoms with Crippen LogP contribution in [0.15, 0.2) is 72.9 Å². The molecule has 36 heavy (non-hydrogen) atoms. The largest absolute Gasteiger partial charge is 0.345 e. The summed E-state index contributed by atoms with van der Waals surface area (Å²) in [5.74, 6) is -0.355. The molecule has 0 atom stereocenters. The second-order valence-electron chi connectivity index (χ2n) is 9.25. The minimum absolute atomic E-state index is 0.00822. The van der Waals surface area contributed by atoms with E-state index in [9.17, 15) is 19.7 Å². The topological polar surface area (TPSA) is 88.7 Å². The van der Waals surface area contributed by atoms with E-state index in [4.69, 9.17) is 0 Å². The lowest BCUT2D eigenvalue weighted by atomic mass is 10.1. The molecule has 0 aliphatic heterocycles. The number of nitro benzene ring substituents is 1. The fourth-order valence-corrected chi connectivity index (χ4v) is 4.27. The van der Waals surface area contributed by atoms with Crippen molar-refractivity contribution in [3.05, 3.63) is 99.9 Å². The molecule has 0 bridgehead atoms. The van der Waals surface area contributed by atoms with Crippen LogP contribution >= 0.6 is 0 Å². The highest BCUT2D eigenvalue weighted by Gasteiger charge is 2.34. The second kappa shape index (κ2) is 11.7. The third-order valence-corrected chi connectivity index (χ3v) is 6.48. The van der Waals surface area contributed by atoms with Gasteiger partial charge in [0.2, 0.25) is 5.91 Å². The summed E-state index contributed by atoms with van der Waals surface area (Å²) in [5.41, 5.74) is 2.53. The summed E-state index contributed by atoms with van der Waals surface area (Å²) in [6.45, 7) is 3.72. The van der Waals surface area contributed by atoms with Crippen LogP contribution in [0.2, 0.25) is 0 Å². The van der Waals surface area contributed by atoms with Crippen LogP contribution in [0.5, 0.6) is 0 Å². The number of hydrogen-bond donors (Lipinski definition) is 0. The minimum Gasteiger partial charge on any atom is -0.345 e. The van der Waals surface area contributed by atoms with Crippen molar-refractivity contribution in [2.75, 3.05) is 13.1 Å². The maximum Gasteiger partial charge on any atom is 0.269 e. The van der Waals surface area contributed by atoms with Crippen molar-refractivity contribution in [1.29, 1.82) is 0 Å². The monoisotopic (exact) mass is 488 g/mol. The maximum atomic E-state index is 13.5. The third kappa shape index (κ3) is 6.38. The summed E-state index contributed by atoms with van der Waals surface area (Å²) in [6, 6.07) is 20.0. The van der Waals surface area contributed by atoms with Gasteiger partial charge in [0.05, 0.1) is 11.5 Å². The summed E-state index contributed by atoms with van der Waals surface area (Å²) >= 11 is 0. The lowest BCUT2D eigenvalue weighted by Gasteiger charge is -2.28. The van der Waals surface area contributed by atoms with E-state index in [2.05, 4.69) is 16.7 Å². The van der Waals surface area contributed by atoms with Crippen LogP contribution in [-0.2, 0) is 17.9 Å². The number of carbonyl (C=O) groups excluding carboxylic acids is 2. The molecule has 8 nitrogen and oxygen atoms in total. The van der Waals surface area contributed by atoms with Gasteiger partial charge in [0, 0.05) is 48.7 Å². The van der Waals surface area contributed by atoms with Crippen molar-refractivity contribution in [2.24, 2.45) is 0 Å². The number of amides is 2. The van der Waals surface area contributed by atoms with Gasteiger partial charge in [-0.15, -0.1) is 0 Å². The molecule has 1 saturated carbocycles. The van der Waals surface area contributed by atoms with Crippen molar-refractivity contribution in [3.63, 3.8) is 0 Å². The smallest absolute Gasteiger partial charge is 0.269 e. The van der Waals surface area contributed by atoms with E-state index in [-0.39, 0.29) is 30.1 Å². The average Bonchev–Trinajstić information content (AvgIpc) is 3.64. The van der Waals surface area contributed by atoms with Crippen LogP contribution < -0.4 is 0 Å². The first-order valence-electron chi connectivity index (χ1n) is 12.5. The number of nitrogens with zero attached hydrogens (tertiary/aromatic N) is 4. The Morgan fingerprint density at radius 1 is 1.03 bits per heavy atom. The van der Waals surface area contributed by atoms with Gasteiger partial charge in [-0.3, -0.25) is 19.7 Å². The highest BCUT2D eigenvalue weighted by atomic mass is 16.6.